The van der Waals surface area contributed by atoms with E-state index >= 15 is 0 Å². The van der Waals surface area contributed by atoms with E-state index in [1.54, 1.807) is 30.3 Å². The standard InChI is InChI=1S/C34H54N6O9S/c1-3-4-5-6-7-8-9-10-14-17-28(42)38-23(2)31(45)39-25(29(35)43)18-19-27(41)34(37,32(46)47)22-50-21-26(30(36)44)40-33(48)49-20-24-15-12-11-13-16-24/h11-13,15-16,23,25-26H,3-10,14,17-22,37H2,1-2H3,(H2,35,43)(H2,36,44)(H,38,42)(H,39,45)(H,40,48)(H,46,47)/t23-,25+,26?,34?/m0/s1. The van der Waals surface area contributed by atoms with Crippen molar-refractivity contribution in [1.29, 1.82) is 0 Å². The molecule has 0 fully saturated rings. The van der Waals surface area contributed by atoms with Gasteiger partial charge in [-0.1, -0.05) is 88.6 Å². The molecule has 0 spiro atoms. The van der Waals surface area contributed by atoms with E-state index in [9.17, 15) is 38.7 Å². The highest BCUT2D eigenvalue weighted by Crippen LogP contribution is 2.18. The number of Topliss-reactive ketones (excluding diaryl/α,β-unsaturated/α-hetero) is 1. The molecule has 280 valence electrons. The first kappa shape index (κ1) is 43.8. The highest BCUT2D eigenvalue weighted by atomic mass is 32.2. The number of ether oxygens (including phenoxy) is 1. The van der Waals surface area contributed by atoms with Crippen LogP contribution in [-0.2, 0) is 40.1 Å². The Morgan fingerprint density at radius 3 is 1.96 bits per heavy atom. The molecule has 2 unspecified atom stereocenters. The van der Waals surface area contributed by atoms with Crippen molar-refractivity contribution >= 4 is 53.2 Å². The third-order valence-corrected chi connectivity index (χ3v) is 9.17. The number of carbonyl (C=O) groups excluding carboxylic acids is 6. The maximum absolute atomic E-state index is 13.0. The zero-order valence-corrected chi connectivity index (χ0v) is 29.9. The van der Waals surface area contributed by atoms with Crippen LogP contribution in [0.2, 0.25) is 0 Å². The van der Waals surface area contributed by atoms with Gasteiger partial charge in [0.05, 0.1) is 0 Å². The Morgan fingerprint density at radius 1 is 0.820 bits per heavy atom. The molecule has 0 aliphatic carbocycles. The molecule has 0 heterocycles. The minimum absolute atomic E-state index is 0.0651. The molecule has 1 rings (SSSR count). The normalized spacial score (nSPS) is 13.9. The van der Waals surface area contributed by atoms with Crippen molar-refractivity contribution in [2.45, 2.75) is 121 Å². The number of hydrogen-bond acceptors (Lipinski definition) is 10. The van der Waals surface area contributed by atoms with E-state index in [1.165, 1.54) is 39.0 Å². The number of alkyl carbamates (subject to hydrolysis) is 1. The molecule has 0 bridgehead atoms. The van der Waals surface area contributed by atoms with Crippen molar-refractivity contribution in [3.05, 3.63) is 35.9 Å². The summed E-state index contributed by atoms with van der Waals surface area (Å²) < 4.78 is 5.08. The first-order valence-electron chi connectivity index (χ1n) is 17.0. The molecule has 0 aliphatic heterocycles. The summed E-state index contributed by atoms with van der Waals surface area (Å²) in [6, 6.07) is 5.17. The highest BCUT2D eigenvalue weighted by Gasteiger charge is 2.42. The average molecular weight is 723 g/mol. The number of benzene rings is 1. The lowest BCUT2D eigenvalue weighted by Gasteiger charge is -2.25. The van der Waals surface area contributed by atoms with Crippen molar-refractivity contribution in [3.8, 4) is 0 Å². The van der Waals surface area contributed by atoms with Gasteiger partial charge in [-0.3, -0.25) is 24.0 Å². The first-order chi connectivity index (χ1) is 23.7. The van der Waals surface area contributed by atoms with Gasteiger partial charge in [0, 0.05) is 24.3 Å². The second-order valence-corrected chi connectivity index (χ2v) is 13.3. The predicted molar refractivity (Wildman–Crippen MR) is 189 cm³/mol. The van der Waals surface area contributed by atoms with Crippen molar-refractivity contribution in [3.63, 3.8) is 0 Å². The molecule has 0 aliphatic rings. The monoisotopic (exact) mass is 722 g/mol. The van der Waals surface area contributed by atoms with E-state index in [1.807, 2.05) is 0 Å². The van der Waals surface area contributed by atoms with Crippen LogP contribution in [0.15, 0.2) is 30.3 Å². The third kappa shape index (κ3) is 17.5. The fraction of sp³-hybridized carbons (Fsp3) is 0.618. The second-order valence-electron chi connectivity index (χ2n) is 12.2. The smallest absolute Gasteiger partial charge is 0.408 e. The molecule has 0 aromatic heterocycles. The number of carbonyl (C=O) groups is 7. The Bertz CT molecular complexity index is 1270. The van der Waals surface area contributed by atoms with Crippen LogP contribution >= 0.6 is 11.8 Å². The third-order valence-electron chi connectivity index (χ3n) is 7.94. The Morgan fingerprint density at radius 2 is 1.40 bits per heavy atom. The van der Waals surface area contributed by atoms with Crippen LogP contribution in [0, 0.1) is 0 Å². The van der Waals surface area contributed by atoms with Gasteiger partial charge in [0.25, 0.3) is 0 Å². The molecule has 5 amide bonds. The lowest BCUT2D eigenvalue weighted by atomic mass is 9.92. The summed E-state index contributed by atoms with van der Waals surface area (Å²) in [5.41, 5.74) is 15.0. The Labute approximate surface area is 297 Å². The number of nitrogens with one attached hydrogen (secondary N) is 3. The molecular weight excluding hydrogens is 668 g/mol. The van der Waals surface area contributed by atoms with Gasteiger partial charge in [-0.15, -0.1) is 0 Å². The van der Waals surface area contributed by atoms with E-state index in [2.05, 4.69) is 22.9 Å². The van der Waals surface area contributed by atoms with Gasteiger partial charge < -0.3 is 43.0 Å². The molecule has 10 N–H and O–H groups in total. The van der Waals surface area contributed by atoms with Crippen molar-refractivity contribution in [2.24, 2.45) is 17.2 Å². The number of thioether (sulfide) groups is 1. The van der Waals surface area contributed by atoms with Gasteiger partial charge in [-0.05, 0) is 25.3 Å². The fourth-order valence-corrected chi connectivity index (χ4v) is 5.97. The van der Waals surface area contributed by atoms with Crippen LogP contribution in [0.25, 0.3) is 0 Å². The van der Waals surface area contributed by atoms with Crippen LogP contribution < -0.4 is 33.2 Å². The molecule has 0 saturated heterocycles. The van der Waals surface area contributed by atoms with Gasteiger partial charge in [0.1, 0.15) is 24.7 Å². The maximum atomic E-state index is 13.0. The van der Waals surface area contributed by atoms with Crippen LogP contribution in [0.3, 0.4) is 0 Å². The van der Waals surface area contributed by atoms with Gasteiger partial charge >= 0.3 is 12.1 Å². The average Bonchev–Trinajstić information content (AvgIpc) is 3.07. The number of carboxylic acid groups (broad SMARTS) is 1. The Hall–Kier alpha value is -4.18. The SMILES string of the molecule is CCCCCCCCCCCC(=O)N[C@@H](C)C(=O)N[C@H](CCC(=O)C(N)(CSCC(NC(=O)OCc1ccccc1)C(N)=O)C(=O)O)C(N)=O. The molecule has 0 radical (unpaired) electrons. The van der Waals surface area contributed by atoms with E-state index in [4.69, 9.17) is 21.9 Å². The number of ketones is 1. The number of hydrogen-bond donors (Lipinski definition) is 7. The number of unbranched alkanes of at least 4 members (excludes halogenated alkanes) is 8. The topological polar surface area (TPSA) is 263 Å². The summed E-state index contributed by atoms with van der Waals surface area (Å²) >= 11 is 0.784. The quantitative estimate of drug-likeness (QED) is 0.0510. The zero-order valence-electron chi connectivity index (χ0n) is 29.1. The number of nitrogens with two attached hydrogens (primary N) is 3. The van der Waals surface area contributed by atoms with Gasteiger partial charge in [0.15, 0.2) is 11.3 Å². The summed E-state index contributed by atoms with van der Waals surface area (Å²) in [4.78, 5) is 86.2. The first-order valence-corrected chi connectivity index (χ1v) is 18.2. The summed E-state index contributed by atoms with van der Waals surface area (Å²) in [6.07, 6.45) is 8.29. The summed E-state index contributed by atoms with van der Waals surface area (Å²) in [5, 5.41) is 17.1. The summed E-state index contributed by atoms with van der Waals surface area (Å²) in [6.45, 7) is 3.55. The lowest BCUT2D eigenvalue weighted by Crippen LogP contribution is -2.58. The number of amides is 5. The lowest BCUT2D eigenvalue weighted by molar-refractivity contribution is -0.147. The van der Waals surface area contributed by atoms with E-state index in [0.29, 0.717) is 12.0 Å². The second kappa shape index (κ2) is 24.1. The van der Waals surface area contributed by atoms with Gasteiger partial charge in [0.2, 0.25) is 23.6 Å². The van der Waals surface area contributed by atoms with Crippen molar-refractivity contribution in [2.75, 3.05) is 11.5 Å². The Kier molecular flexibility index (Phi) is 21.1. The minimum atomic E-state index is -2.44. The largest absolute Gasteiger partial charge is 0.480 e. The van der Waals surface area contributed by atoms with Gasteiger partial charge in [-0.2, -0.15) is 11.8 Å². The number of aliphatic carboxylic acids is 1. The predicted octanol–water partition coefficient (Wildman–Crippen LogP) is 2.03. The molecule has 4 atom stereocenters. The van der Waals surface area contributed by atoms with E-state index in [-0.39, 0.29) is 31.1 Å². The van der Waals surface area contributed by atoms with Crippen LogP contribution in [0.1, 0.15) is 96.5 Å². The summed E-state index contributed by atoms with van der Waals surface area (Å²) in [7, 11) is 0. The minimum Gasteiger partial charge on any atom is -0.480 e. The fourth-order valence-electron chi connectivity index (χ4n) is 4.76. The van der Waals surface area contributed by atoms with Crippen molar-refractivity contribution < 1.29 is 43.4 Å². The molecular formula is C34H54N6O9S. The molecule has 16 heteroatoms. The van der Waals surface area contributed by atoms with E-state index < -0.39 is 71.4 Å². The van der Waals surface area contributed by atoms with Crippen LogP contribution in [0.4, 0.5) is 4.79 Å². The Balaban J connectivity index is 2.57. The molecule has 50 heavy (non-hydrogen) atoms. The molecule has 0 saturated carbocycles. The van der Waals surface area contributed by atoms with Crippen molar-refractivity contribution in [1.82, 2.24) is 16.0 Å². The summed E-state index contributed by atoms with van der Waals surface area (Å²) in [5.74, 6) is -6.28. The maximum Gasteiger partial charge on any atom is 0.408 e. The number of primary amides is 2. The van der Waals surface area contributed by atoms with E-state index in [0.717, 1.165) is 31.0 Å². The number of rotatable bonds is 27. The molecule has 1 aromatic carbocycles. The van der Waals surface area contributed by atoms with Gasteiger partial charge in [-0.25, -0.2) is 9.59 Å². The highest BCUT2D eigenvalue weighted by molar-refractivity contribution is 7.99. The molecule has 15 nitrogen and oxygen atoms in total. The zero-order chi connectivity index (χ0) is 37.5. The molecule has 1 aromatic rings. The van der Waals surface area contributed by atoms with Crippen LogP contribution in [0.5, 0.6) is 0 Å². The number of carboxylic acids is 1. The van der Waals surface area contributed by atoms with Crippen LogP contribution in [-0.4, -0.2) is 81.8 Å².